The molecule has 0 aromatic carbocycles. The van der Waals surface area contributed by atoms with E-state index < -0.39 is 0 Å². The van der Waals surface area contributed by atoms with Gasteiger partial charge in [-0.05, 0) is 18.4 Å². The molecule has 1 aromatic heterocycles. The predicted molar refractivity (Wildman–Crippen MR) is 82.3 cm³/mol. The number of rotatable bonds is 4. The van der Waals surface area contributed by atoms with Gasteiger partial charge in [-0.2, -0.15) is 0 Å². The number of carbonyl (C=O) groups is 1. The minimum absolute atomic E-state index is 0.180. The van der Waals surface area contributed by atoms with Gasteiger partial charge in [-0.1, -0.05) is 31.7 Å². The molecule has 1 aliphatic heterocycles. The zero-order valence-corrected chi connectivity index (χ0v) is 12.6. The molecule has 2 aliphatic rings. The van der Waals surface area contributed by atoms with Crippen LogP contribution in [0.3, 0.4) is 0 Å². The summed E-state index contributed by atoms with van der Waals surface area (Å²) >= 11 is 1.86. The molecule has 1 atom stereocenters. The lowest BCUT2D eigenvalue weighted by Crippen LogP contribution is -2.30. The van der Waals surface area contributed by atoms with Crippen molar-refractivity contribution in [3.05, 3.63) is 30.1 Å². The molecule has 1 amide bonds. The fraction of sp³-hybridized carbons (Fsp3) is 0.625. The van der Waals surface area contributed by atoms with Crippen LogP contribution in [0.15, 0.2) is 24.5 Å². The topological polar surface area (TPSA) is 33.2 Å². The predicted octanol–water partition coefficient (Wildman–Crippen LogP) is 3.63. The van der Waals surface area contributed by atoms with Crippen LogP contribution in [-0.4, -0.2) is 28.1 Å². The first-order valence-electron chi connectivity index (χ1n) is 7.65. The molecule has 0 spiro atoms. The second-order valence-corrected chi connectivity index (χ2v) is 6.97. The average molecular weight is 290 g/mol. The van der Waals surface area contributed by atoms with E-state index in [4.69, 9.17) is 0 Å². The summed E-state index contributed by atoms with van der Waals surface area (Å²) in [7, 11) is 0. The molecule has 4 heteroatoms. The number of nitrogens with zero attached hydrogens (tertiary/aromatic N) is 2. The fourth-order valence-corrected chi connectivity index (χ4v) is 4.55. The molecule has 3 rings (SSSR count). The molecule has 1 aromatic rings. The van der Waals surface area contributed by atoms with E-state index in [1.54, 1.807) is 6.20 Å². The van der Waals surface area contributed by atoms with Gasteiger partial charge in [-0.25, -0.2) is 0 Å². The van der Waals surface area contributed by atoms with Crippen molar-refractivity contribution in [2.24, 2.45) is 5.92 Å². The van der Waals surface area contributed by atoms with Crippen molar-refractivity contribution in [1.82, 2.24) is 9.88 Å². The highest BCUT2D eigenvalue weighted by Gasteiger charge is 2.30. The Hall–Kier alpha value is -1.03. The van der Waals surface area contributed by atoms with Crippen LogP contribution in [0.5, 0.6) is 0 Å². The summed E-state index contributed by atoms with van der Waals surface area (Å²) in [5, 5.41) is 0.180. The summed E-state index contributed by atoms with van der Waals surface area (Å²) in [6.07, 6.45) is 10.9. The maximum atomic E-state index is 12.5. The number of hydrogen-bond donors (Lipinski definition) is 0. The fourth-order valence-electron chi connectivity index (χ4n) is 3.29. The minimum atomic E-state index is 0.180. The molecule has 0 N–H and O–H groups in total. The van der Waals surface area contributed by atoms with E-state index >= 15 is 0 Å². The van der Waals surface area contributed by atoms with Crippen LogP contribution >= 0.6 is 11.8 Å². The van der Waals surface area contributed by atoms with Crippen molar-refractivity contribution in [3.63, 3.8) is 0 Å². The van der Waals surface area contributed by atoms with Crippen molar-refractivity contribution in [2.45, 2.75) is 43.9 Å². The highest BCUT2D eigenvalue weighted by molar-refractivity contribution is 7.99. The van der Waals surface area contributed by atoms with Gasteiger partial charge in [-0.3, -0.25) is 9.78 Å². The second-order valence-electron chi connectivity index (χ2n) is 5.79. The van der Waals surface area contributed by atoms with Gasteiger partial charge in [0.25, 0.3) is 0 Å². The lowest BCUT2D eigenvalue weighted by Gasteiger charge is -2.24. The van der Waals surface area contributed by atoms with Crippen molar-refractivity contribution >= 4 is 17.7 Å². The normalized spacial score (nSPS) is 23.4. The number of carbonyl (C=O) groups excluding carboxylic acids is 1. The average Bonchev–Trinajstić information content (AvgIpc) is 3.17. The Bertz CT molecular complexity index is 445. The molecule has 1 unspecified atom stereocenters. The third-order valence-corrected chi connectivity index (χ3v) is 5.68. The zero-order valence-electron chi connectivity index (χ0n) is 11.8. The number of amides is 1. The number of hydrogen-bond acceptors (Lipinski definition) is 3. The van der Waals surface area contributed by atoms with Crippen LogP contribution < -0.4 is 0 Å². The lowest BCUT2D eigenvalue weighted by atomic mass is 10.0. The standard InChI is InChI=1S/C16H22N2OS/c19-15(8-7-13-4-1-2-5-13)18-10-11-20-16(18)14-6-3-9-17-12-14/h3,6,9,12-13,16H,1-2,4-5,7-8,10-11H2. The monoisotopic (exact) mass is 290 g/mol. The molecule has 2 fully saturated rings. The van der Waals surface area contributed by atoms with Gasteiger partial charge >= 0.3 is 0 Å². The van der Waals surface area contributed by atoms with E-state index in [1.807, 2.05) is 24.0 Å². The largest absolute Gasteiger partial charge is 0.326 e. The summed E-state index contributed by atoms with van der Waals surface area (Å²) in [5.74, 6) is 2.16. The third-order valence-electron chi connectivity index (χ3n) is 4.42. The molecular formula is C16H22N2OS. The molecule has 1 aliphatic carbocycles. The Morgan fingerprint density at radius 1 is 1.40 bits per heavy atom. The molecule has 0 bridgehead atoms. The maximum absolute atomic E-state index is 12.5. The Balaban J connectivity index is 1.58. The highest BCUT2D eigenvalue weighted by atomic mass is 32.2. The Kier molecular flexibility index (Phi) is 4.61. The van der Waals surface area contributed by atoms with Crippen LogP contribution in [0, 0.1) is 5.92 Å². The second kappa shape index (κ2) is 6.61. The summed E-state index contributed by atoms with van der Waals surface area (Å²) in [6, 6.07) is 4.03. The zero-order chi connectivity index (χ0) is 13.8. The van der Waals surface area contributed by atoms with Gasteiger partial charge in [0.2, 0.25) is 5.91 Å². The molecule has 1 saturated carbocycles. The van der Waals surface area contributed by atoms with Gasteiger partial charge in [0.05, 0.1) is 0 Å². The van der Waals surface area contributed by atoms with Gasteiger partial charge in [-0.15, -0.1) is 11.8 Å². The molecule has 0 radical (unpaired) electrons. The summed E-state index contributed by atoms with van der Waals surface area (Å²) in [5.41, 5.74) is 1.16. The number of thioether (sulfide) groups is 1. The third kappa shape index (κ3) is 3.17. The van der Waals surface area contributed by atoms with Crippen LogP contribution in [0.4, 0.5) is 0 Å². The smallest absolute Gasteiger partial charge is 0.223 e. The molecular weight excluding hydrogens is 268 g/mol. The van der Waals surface area contributed by atoms with Crippen molar-refractivity contribution in [1.29, 1.82) is 0 Å². The van der Waals surface area contributed by atoms with E-state index in [1.165, 1.54) is 25.7 Å². The van der Waals surface area contributed by atoms with Crippen molar-refractivity contribution in [3.8, 4) is 0 Å². The van der Waals surface area contributed by atoms with Crippen molar-refractivity contribution < 1.29 is 4.79 Å². The summed E-state index contributed by atoms with van der Waals surface area (Å²) in [6.45, 7) is 0.883. The first kappa shape index (κ1) is 13.9. The van der Waals surface area contributed by atoms with Crippen LogP contribution in [0.2, 0.25) is 0 Å². The van der Waals surface area contributed by atoms with E-state index in [0.29, 0.717) is 5.91 Å². The quantitative estimate of drug-likeness (QED) is 0.849. The lowest BCUT2D eigenvalue weighted by molar-refractivity contribution is -0.131. The van der Waals surface area contributed by atoms with E-state index in [0.717, 1.165) is 36.6 Å². The van der Waals surface area contributed by atoms with Gasteiger partial charge < -0.3 is 4.90 Å². The van der Waals surface area contributed by atoms with E-state index in [2.05, 4.69) is 16.0 Å². The first-order chi connectivity index (χ1) is 9.84. The Labute approximate surface area is 125 Å². The van der Waals surface area contributed by atoms with Crippen LogP contribution in [-0.2, 0) is 4.79 Å². The molecule has 1 saturated heterocycles. The molecule has 108 valence electrons. The summed E-state index contributed by atoms with van der Waals surface area (Å²) in [4.78, 5) is 18.7. The first-order valence-corrected chi connectivity index (χ1v) is 8.70. The van der Waals surface area contributed by atoms with E-state index in [9.17, 15) is 4.79 Å². The minimum Gasteiger partial charge on any atom is -0.326 e. The Morgan fingerprint density at radius 2 is 2.25 bits per heavy atom. The molecule has 3 nitrogen and oxygen atoms in total. The molecule has 2 heterocycles. The summed E-state index contributed by atoms with van der Waals surface area (Å²) < 4.78 is 0. The van der Waals surface area contributed by atoms with Crippen LogP contribution in [0.1, 0.15) is 49.5 Å². The highest BCUT2D eigenvalue weighted by Crippen LogP contribution is 2.38. The van der Waals surface area contributed by atoms with Crippen molar-refractivity contribution in [2.75, 3.05) is 12.3 Å². The van der Waals surface area contributed by atoms with Crippen LogP contribution in [0.25, 0.3) is 0 Å². The van der Waals surface area contributed by atoms with Gasteiger partial charge in [0.15, 0.2) is 0 Å². The van der Waals surface area contributed by atoms with Gasteiger partial charge in [0, 0.05) is 36.7 Å². The Morgan fingerprint density at radius 3 is 3.00 bits per heavy atom. The number of aromatic nitrogens is 1. The van der Waals surface area contributed by atoms with E-state index in [-0.39, 0.29) is 5.37 Å². The SMILES string of the molecule is O=C(CCC1CCCC1)N1CCSC1c1cccnc1. The molecule has 20 heavy (non-hydrogen) atoms. The number of pyridine rings is 1. The maximum Gasteiger partial charge on any atom is 0.223 e. The van der Waals surface area contributed by atoms with Gasteiger partial charge in [0.1, 0.15) is 5.37 Å².